The Morgan fingerprint density at radius 3 is 2.79 bits per heavy atom. The van der Waals surface area contributed by atoms with Gasteiger partial charge in [0.1, 0.15) is 11.8 Å². The number of furan rings is 1. The molecule has 0 spiro atoms. The molecule has 0 saturated heterocycles. The van der Waals surface area contributed by atoms with E-state index in [0.717, 1.165) is 30.2 Å². The minimum Gasteiger partial charge on any atom is -0.432 e. The van der Waals surface area contributed by atoms with Gasteiger partial charge in [-0.1, -0.05) is 13.8 Å². The summed E-state index contributed by atoms with van der Waals surface area (Å²) in [6.07, 6.45) is 7.09. The summed E-state index contributed by atoms with van der Waals surface area (Å²) < 4.78 is 11.5. The van der Waals surface area contributed by atoms with Gasteiger partial charge in [0.05, 0.1) is 25.2 Å². The molecule has 0 saturated carbocycles. The van der Waals surface area contributed by atoms with Crippen LogP contribution in [0.5, 0.6) is 0 Å². The highest BCUT2D eigenvalue weighted by Gasteiger charge is 2.24. The highest BCUT2D eigenvalue weighted by atomic mass is 16.5. The first-order valence-electron chi connectivity index (χ1n) is 10.2. The van der Waals surface area contributed by atoms with Crippen LogP contribution in [0.1, 0.15) is 43.5 Å². The van der Waals surface area contributed by atoms with Crippen LogP contribution in [0.2, 0.25) is 0 Å². The molecule has 4 rings (SSSR count). The largest absolute Gasteiger partial charge is 0.432 e. The van der Waals surface area contributed by atoms with Gasteiger partial charge >= 0.3 is 0 Å². The summed E-state index contributed by atoms with van der Waals surface area (Å²) in [5, 5.41) is 13.1. The zero-order chi connectivity index (χ0) is 19.5. The first kappa shape index (κ1) is 19.1. The molecule has 2 N–H and O–H groups in total. The van der Waals surface area contributed by atoms with Gasteiger partial charge in [0.25, 0.3) is 0 Å². The maximum atomic E-state index is 8.79. The Morgan fingerprint density at radius 1 is 1.18 bits per heavy atom. The van der Waals surface area contributed by atoms with Crippen molar-refractivity contribution in [1.82, 2.24) is 15.0 Å². The van der Waals surface area contributed by atoms with Crippen molar-refractivity contribution < 1.29 is 14.3 Å². The van der Waals surface area contributed by atoms with E-state index in [2.05, 4.69) is 29.1 Å². The first-order chi connectivity index (χ1) is 13.7. The Kier molecular flexibility index (Phi) is 5.73. The third-order valence-corrected chi connectivity index (χ3v) is 5.18. The lowest BCUT2D eigenvalue weighted by Crippen LogP contribution is -2.12. The van der Waals surface area contributed by atoms with Crippen LogP contribution < -0.4 is 5.32 Å². The molecule has 0 unspecified atom stereocenters. The zero-order valence-electron chi connectivity index (χ0n) is 16.6. The van der Waals surface area contributed by atoms with Crippen LogP contribution in [0.15, 0.2) is 10.7 Å². The van der Waals surface area contributed by atoms with Gasteiger partial charge < -0.3 is 19.6 Å². The van der Waals surface area contributed by atoms with Gasteiger partial charge in [0.2, 0.25) is 5.71 Å². The van der Waals surface area contributed by atoms with Crippen LogP contribution >= 0.6 is 0 Å². The molecule has 0 aromatic carbocycles. The lowest BCUT2D eigenvalue weighted by molar-refractivity contribution is 0.0992. The number of nitrogens with zero attached hydrogens (tertiary/aromatic N) is 3. The molecule has 3 heterocycles. The van der Waals surface area contributed by atoms with E-state index < -0.39 is 0 Å². The third kappa shape index (κ3) is 3.69. The van der Waals surface area contributed by atoms with Gasteiger partial charge in [-0.25, -0.2) is 15.0 Å². The second-order valence-electron chi connectivity index (χ2n) is 7.77. The summed E-state index contributed by atoms with van der Waals surface area (Å²) >= 11 is 0. The Hall–Kier alpha value is -2.25. The fraction of sp³-hybridized carbons (Fsp3) is 0.571. The highest BCUT2D eigenvalue weighted by molar-refractivity contribution is 6.06. The minimum absolute atomic E-state index is 0.0246. The molecule has 0 bridgehead atoms. The topological polar surface area (TPSA) is 93.3 Å². The van der Waals surface area contributed by atoms with Crippen molar-refractivity contribution in [3.63, 3.8) is 0 Å². The molecule has 3 aromatic heterocycles. The number of aliphatic hydroxyl groups is 1. The molecule has 3 aromatic rings. The van der Waals surface area contributed by atoms with Crippen molar-refractivity contribution in [1.29, 1.82) is 0 Å². The second kappa shape index (κ2) is 8.41. The van der Waals surface area contributed by atoms with Crippen molar-refractivity contribution in [2.24, 2.45) is 5.92 Å². The predicted molar refractivity (Wildman–Crippen MR) is 109 cm³/mol. The van der Waals surface area contributed by atoms with Crippen molar-refractivity contribution >= 4 is 28.0 Å². The number of fused-ring (bicyclic) bond motifs is 5. The molecule has 28 heavy (non-hydrogen) atoms. The molecular formula is C21H28N4O3. The van der Waals surface area contributed by atoms with Gasteiger partial charge in [-0.3, -0.25) is 0 Å². The van der Waals surface area contributed by atoms with Crippen LogP contribution in [-0.4, -0.2) is 46.4 Å². The van der Waals surface area contributed by atoms with E-state index in [9.17, 15) is 0 Å². The Labute approximate surface area is 164 Å². The normalized spacial score (nSPS) is 14.1. The average Bonchev–Trinajstić information content (AvgIpc) is 3.07. The molecule has 7 heteroatoms. The molecular weight excluding hydrogens is 356 g/mol. The molecule has 0 atom stereocenters. The van der Waals surface area contributed by atoms with E-state index in [1.165, 1.54) is 29.7 Å². The average molecular weight is 384 g/mol. The predicted octanol–water partition coefficient (Wildman–Crippen LogP) is 3.27. The number of anilines is 1. The lowest BCUT2D eigenvalue weighted by Gasteiger charge is -2.20. The summed E-state index contributed by atoms with van der Waals surface area (Å²) in [6.45, 7) is 5.88. The summed E-state index contributed by atoms with van der Waals surface area (Å²) in [4.78, 5) is 13.8. The number of hydrogen-bond donors (Lipinski definition) is 2. The number of nitrogens with one attached hydrogen (secondary N) is 1. The van der Waals surface area contributed by atoms with Crippen LogP contribution in [0, 0.1) is 5.92 Å². The molecule has 150 valence electrons. The molecule has 0 aliphatic heterocycles. The smallest absolute Gasteiger partial charge is 0.229 e. The van der Waals surface area contributed by atoms with Crippen LogP contribution in [0.3, 0.4) is 0 Å². The summed E-state index contributed by atoms with van der Waals surface area (Å²) in [7, 11) is 0. The van der Waals surface area contributed by atoms with E-state index in [4.69, 9.17) is 19.2 Å². The van der Waals surface area contributed by atoms with Crippen molar-refractivity contribution in [3.05, 3.63) is 23.1 Å². The Morgan fingerprint density at radius 2 is 2.00 bits per heavy atom. The van der Waals surface area contributed by atoms with Crippen LogP contribution in [-0.2, 0) is 24.0 Å². The second-order valence-corrected chi connectivity index (χ2v) is 7.77. The minimum atomic E-state index is 0.0246. The fourth-order valence-electron chi connectivity index (χ4n) is 4.03. The van der Waals surface area contributed by atoms with Gasteiger partial charge in [-0.2, -0.15) is 0 Å². The summed E-state index contributed by atoms with van der Waals surface area (Å²) in [5.74, 6) is 1.21. The van der Waals surface area contributed by atoms with Gasteiger partial charge in [-0.05, 0) is 49.1 Å². The van der Waals surface area contributed by atoms with Crippen LogP contribution in [0.4, 0.5) is 5.82 Å². The number of hydrogen-bond acceptors (Lipinski definition) is 7. The lowest BCUT2D eigenvalue weighted by atomic mass is 9.87. The zero-order valence-corrected chi connectivity index (χ0v) is 16.6. The Bertz CT molecular complexity index is 967. The number of pyridine rings is 1. The number of rotatable bonds is 8. The Balaban J connectivity index is 1.76. The van der Waals surface area contributed by atoms with Crippen molar-refractivity contribution in [3.8, 4) is 0 Å². The van der Waals surface area contributed by atoms with Crippen LogP contribution in [0.25, 0.3) is 22.2 Å². The highest BCUT2D eigenvalue weighted by Crippen LogP contribution is 2.37. The van der Waals surface area contributed by atoms with E-state index in [-0.39, 0.29) is 6.61 Å². The number of aryl methyl sites for hydroxylation is 1. The van der Waals surface area contributed by atoms with E-state index in [1.54, 1.807) is 6.33 Å². The number of aromatic nitrogens is 3. The molecule has 1 aliphatic carbocycles. The molecule has 1 aliphatic rings. The standard InChI is InChI=1S/C21H28N4O3/c1-13(2)11-16-14-5-3-4-6-15(14)17-18-19(28-21(17)25-16)20(24-12-23-18)22-7-9-27-10-8-26/h12-13,26H,3-11H2,1-2H3,(H,22,23,24). The quantitative estimate of drug-likeness (QED) is 0.576. The van der Waals surface area contributed by atoms with Gasteiger partial charge in [0.15, 0.2) is 11.4 Å². The molecule has 7 nitrogen and oxygen atoms in total. The molecule has 0 fully saturated rings. The van der Waals surface area contributed by atoms with Gasteiger partial charge in [0, 0.05) is 12.2 Å². The summed E-state index contributed by atoms with van der Waals surface area (Å²) in [5.41, 5.74) is 6.11. The first-order valence-corrected chi connectivity index (χ1v) is 10.2. The van der Waals surface area contributed by atoms with Crippen molar-refractivity contribution in [2.75, 3.05) is 31.7 Å². The third-order valence-electron chi connectivity index (χ3n) is 5.18. The summed E-state index contributed by atoms with van der Waals surface area (Å²) in [6, 6.07) is 0. The molecule has 0 radical (unpaired) electrons. The van der Waals surface area contributed by atoms with E-state index >= 15 is 0 Å². The SMILES string of the molecule is CC(C)Cc1nc2oc3c(NCCOCCO)ncnc3c2c2c1CCCC2. The maximum absolute atomic E-state index is 8.79. The number of ether oxygens (including phenoxy) is 1. The van der Waals surface area contributed by atoms with E-state index in [1.807, 2.05) is 0 Å². The fourth-order valence-corrected chi connectivity index (χ4v) is 4.03. The van der Waals surface area contributed by atoms with E-state index in [0.29, 0.717) is 42.8 Å². The molecule has 0 amide bonds. The van der Waals surface area contributed by atoms with Crippen molar-refractivity contribution in [2.45, 2.75) is 46.0 Å². The maximum Gasteiger partial charge on any atom is 0.229 e. The van der Waals surface area contributed by atoms with Gasteiger partial charge in [-0.15, -0.1) is 0 Å². The number of aliphatic hydroxyl groups excluding tert-OH is 1. The monoisotopic (exact) mass is 384 g/mol.